The highest BCUT2D eigenvalue weighted by Gasteiger charge is 2.03. The van der Waals surface area contributed by atoms with Crippen LogP contribution in [0.5, 0.6) is 0 Å². The summed E-state index contributed by atoms with van der Waals surface area (Å²) in [5.74, 6) is -1.72. The second-order valence-corrected chi connectivity index (χ2v) is 3.80. The van der Waals surface area contributed by atoms with Gasteiger partial charge in [0.05, 0.1) is 6.21 Å². The van der Waals surface area contributed by atoms with Crippen LogP contribution < -0.4 is 0 Å². The molecule has 2 aromatic carbocycles. The molecule has 0 aliphatic rings. The highest BCUT2D eigenvalue weighted by atomic mass is 19.1. The Morgan fingerprint density at radius 3 is 2.53 bits per heavy atom. The fourth-order valence-corrected chi connectivity index (χ4v) is 1.43. The standard InChI is InChI=1S/C14H10F3NO/c15-12-3-1-2-10(6-12)8-18-19-9-11-4-5-13(16)7-14(11)17/h1-8H,9H2. The highest BCUT2D eigenvalue weighted by molar-refractivity contribution is 5.78. The largest absolute Gasteiger partial charge is 0.391 e. The minimum absolute atomic E-state index is 0.127. The molecule has 0 aliphatic heterocycles. The van der Waals surface area contributed by atoms with E-state index in [4.69, 9.17) is 4.84 Å². The lowest BCUT2D eigenvalue weighted by molar-refractivity contribution is 0.129. The monoisotopic (exact) mass is 265 g/mol. The first-order valence-corrected chi connectivity index (χ1v) is 5.50. The Balaban J connectivity index is 1.93. The molecule has 98 valence electrons. The van der Waals surface area contributed by atoms with Gasteiger partial charge in [0.15, 0.2) is 0 Å². The van der Waals surface area contributed by atoms with Gasteiger partial charge in [0, 0.05) is 11.6 Å². The van der Waals surface area contributed by atoms with Gasteiger partial charge < -0.3 is 4.84 Å². The van der Waals surface area contributed by atoms with Crippen LogP contribution in [0, 0.1) is 17.5 Å². The Hall–Kier alpha value is -2.30. The molecule has 0 fully saturated rings. The van der Waals surface area contributed by atoms with Crippen LogP contribution in [-0.4, -0.2) is 6.21 Å². The van der Waals surface area contributed by atoms with Crippen molar-refractivity contribution in [3.8, 4) is 0 Å². The van der Waals surface area contributed by atoms with E-state index in [0.29, 0.717) is 5.56 Å². The van der Waals surface area contributed by atoms with Crippen molar-refractivity contribution in [1.29, 1.82) is 0 Å². The van der Waals surface area contributed by atoms with Crippen LogP contribution >= 0.6 is 0 Å². The minimum Gasteiger partial charge on any atom is -0.391 e. The number of benzene rings is 2. The van der Waals surface area contributed by atoms with E-state index in [1.54, 1.807) is 6.07 Å². The summed E-state index contributed by atoms with van der Waals surface area (Å²) in [6.45, 7) is -0.127. The van der Waals surface area contributed by atoms with Crippen molar-refractivity contribution < 1.29 is 18.0 Å². The van der Waals surface area contributed by atoms with Crippen molar-refractivity contribution in [2.75, 3.05) is 0 Å². The lowest BCUT2D eigenvalue weighted by atomic mass is 10.2. The molecule has 0 saturated carbocycles. The molecule has 0 saturated heterocycles. The van der Waals surface area contributed by atoms with E-state index in [1.165, 1.54) is 30.5 Å². The Morgan fingerprint density at radius 2 is 1.79 bits per heavy atom. The van der Waals surface area contributed by atoms with E-state index in [1.807, 2.05) is 0 Å². The van der Waals surface area contributed by atoms with E-state index in [9.17, 15) is 13.2 Å². The van der Waals surface area contributed by atoms with Crippen LogP contribution in [0.1, 0.15) is 11.1 Å². The molecule has 0 amide bonds. The average Bonchev–Trinajstić information content (AvgIpc) is 2.37. The first-order valence-electron chi connectivity index (χ1n) is 5.50. The first-order chi connectivity index (χ1) is 9.15. The summed E-state index contributed by atoms with van der Waals surface area (Å²) in [6, 6.07) is 8.97. The zero-order valence-corrected chi connectivity index (χ0v) is 9.82. The van der Waals surface area contributed by atoms with Gasteiger partial charge in [0.25, 0.3) is 0 Å². The van der Waals surface area contributed by atoms with E-state index < -0.39 is 11.6 Å². The van der Waals surface area contributed by atoms with Crippen molar-refractivity contribution in [3.63, 3.8) is 0 Å². The Labute approximate surface area is 108 Å². The fourth-order valence-electron chi connectivity index (χ4n) is 1.43. The molecule has 0 aromatic heterocycles. The molecule has 2 aromatic rings. The molecule has 5 heteroatoms. The number of halogens is 3. The second kappa shape index (κ2) is 6.04. The van der Waals surface area contributed by atoms with Gasteiger partial charge in [0.1, 0.15) is 24.1 Å². The molecule has 0 N–H and O–H groups in total. The Kier molecular flexibility index (Phi) is 4.18. The molecule has 0 spiro atoms. The summed E-state index contributed by atoms with van der Waals surface area (Å²) in [7, 11) is 0. The second-order valence-electron chi connectivity index (χ2n) is 3.80. The maximum Gasteiger partial charge on any atom is 0.145 e. The van der Waals surface area contributed by atoms with Gasteiger partial charge in [0.2, 0.25) is 0 Å². The van der Waals surface area contributed by atoms with Crippen molar-refractivity contribution >= 4 is 6.21 Å². The summed E-state index contributed by atoms with van der Waals surface area (Å²) in [5.41, 5.74) is 0.720. The van der Waals surface area contributed by atoms with Gasteiger partial charge in [-0.25, -0.2) is 13.2 Å². The zero-order valence-electron chi connectivity index (χ0n) is 9.82. The lowest BCUT2D eigenvalue weighted by Gasteiger charge is -2.01. The first kappa shape index (κ1) is 13.1. The van der Waals surface area contributed by atoms with Crippen LogP contribution in [0.25, 0.3) is 0 Å². The maximum atomic E-state index is 13.2. The molecule has 19 heavy (non-hydrogen) atoms. The molecule has 0 aliphatic carbocycles. The average molecular weight is 265 g/mol. The number of nitrogens with zero attached hydrogens (tertiary/aromatic N) is 1. The molecule has 2 rings (SSSR count). The van der Waals surface area contributed by atoms with Crippen LogP contribution in [0.15, 0.2) is 47.6 Å². The smallest absolute Gasteiger partial charge is 0.145 e. The number of hydrogen-bond donors (Lipinski definition) is 0. The predicted octanol–water partition coefficient (Wildman–Crippen LogP) is 3.65. The van der Waals surface area contributed by atoms with Gasteiger partial charge in [-0.15, -0.1) is 0 Å². The molecular formula is C14H10F3NO. The van der Waals surface area contributed by atoms with Crippen LogP contribution in [0.3, 0.4) is 0 Å². The highest BCUT2D eigenvalue weighted by Crippen LogP contribution is 2.10. The summed E-state index contributed by atoms with van der Waals surface area (Å²) >= 11 is 0. The van der Waals surface area contributed by atoms with Crippen molar-refractivity contribution in [3.05, 3.63) is 71.0 Å². The van der Waals surface area contributed by atoms with E-state index in [2.05, 4.69) is 5.16 Å². The zero-order chi connectivity index (χ0) is 13.7. The van der Waals surface area contributed by atoms with Gasteiger partial charge in [-0.05, 0) is 29.8 Å². The number of rotatable bonds is 4. The van der Waals surface area contributed by atoms with Crippen LogP contribution in [0.4, 0.5) is 13.2 Å². The van der Waals surface area contributed by atoms with Gasteiger partial charge in [-0.2, -0.15) is 0 Å². The Bertz CT molecular complexity index is 599. The summed E-state index contributed by atoms with van der Waals surface area (Å²) in [6.07, 6.45) is 1.31. The summed E-state index contributed by atoms with van der Waals surface area (Å²) in [5, 5.41) is 3.59. The van der Waals surface area contributed by atoms with E-state index >= 15 is 0 Å². The van der Waals surface area contributed by atoms with Crippen LogP contribution in [0.2, 0.25) is 0 Å². The van der Waals surface area contributed by atoms with Crippen molar-refractivity contribution in [1.82, 2.24) is 0 Å². The van der Waals surface area contributed by atoms with Crippen molar-refractivity contribution in [2.24, 2.45) is 5.16 Å². The molecule has 0 atom stereocenters. The van der Waals surface area contributed by atoms with Gasteiger partial charge in [-0.1, -0.05) is 17.3 Å². The quantitative estimate of drug-likeness (QED) is 0.610. The van der Waals surface area contributed by atoms with E-state index in [0.717, 1.165) is 12.1 Å². The Morgan fingerprint density at radius 1 is 1.00 bits per heavy atom. The van der Waals surface area contributed by atoms with E-state index in [-0.39, 0.29) is 18.0 Å². The molecule has 0 radical (unpaired) electrons. The SMILES string of the molecule is Fc1cccc(C=NOCc2ccc(F)cc2F)c1. The third-order valence-electron chi connectivity index (χ3n) is 2.36. The van der Waals surface area contributed by atoms with Gasteiger partial charge >= 0.3 is 0 Å². The topological polar surface area (TPSA) is 21.6 Å². The number of hydrogen-bond acceptors (Lipinski definition) is 2. The normalized spacial score (nSPS) is 10.9. The number of oxime groups is 1. The lowest BCUT2D eigenvalue weighted by Crippen LogP contribution is -1.93. The molecular weight excluding hydrogens is 255 g/mol. The summed E-state index contributed by atoms with van der Waals surface area (Å²) < 4.78 is 38.7. The van der Waals surface area contributed by atoms with Gasteiger partial charge in [-0.3, -0.25) is 0 Å². The minimum atomic E-state index is -0.694. The predicted molar refractivity (Wildman–Crippen MR) is 65.1 cm³/mol. The molecule has 0 unspecified atom stereocenters. The third kappa shape index (κ3) is 3.84. The molecule has 2 nitrogen and oxygen atoms in total. The van der Waals surface area contributed by atoms with Crippen LogP contribution in [-0.2, 0) is 11.4 Å². The maximum absolute atomic E-state index is 13.2. The molecule has 0 heterocycles. The fraction of sp³-hybridized carbons (Fsp3) is 0.0714. The van der Waals surface area contributed by atoms with Crippen molar-refractivity contribution in [2.45, 2.75) is 6.61 Å². The summed E-state index contributed by atoms with van der Waals surface area (Å²) in [4.78, 5) is 4.87. The molecule has 0 bridgehead atoms. The third-order valence-corrected chi connectivity index (χ3v) is 2.36.